The number of aryl methyl sites for hydroxylation is 1. The van der Waals surface area contributed by atoms with Crippen LogP contribution in [0.1, 0.15) is 28.5 Å². The molecule has 0 bridgehead atoms. The van der Waals surface area contributed by atoms with Crippen LogP contribution in [0.5, 0.6) is 5.75 Å². The molecule has 0 amide bonds. The molecular formula is C35H36O6S. The number of benzene rings is 4. The summed E-state index contributed by atoms with van der Waals surface area (Å²) in [7, 11) is 1.65. The van der Waals surface area contributed by atoms with E-state index in [-0.39, 0.29) is 11.5 Å². The van der Waals surface area contributed by atoms with Crippen LogP contribution in [-0.2, 0) is 36.9 Å². The summed E-state index contributed by atoms with van der Waals surface area (Å²) in [6.45, 7) is 3.33. The zero-order valence-corrected chi connectivity index (χ0v) is 24.7. The molecule has 0 saturated carbocycles. The van der Waals surface area contributed by atoms with Crippen LogP contribution in [0.15, 0.2) is 114 Å². The summed E-state index contributed by atoms with van der Waals surface area (Å²) < 4.78 is 38.3. The van der Waals surface area contributed by atoms with Crippen LogP contribution in [0.4, 0.5) is 0 Å². The van der Waals surface area contributed by atoms with Gasteiger partial charge >= 0.3 is 0 Å². The Bertz CT molecular complexity index is 1380. The van der Waals surface area contributed by atoms with E-state index in [0.717, 1.165) is 27.3 Å². The van der Waals surface area contributed by atoms with Gasteiger partial charge in [-0.15, -0.1) is 0 Å². The fraction of sp³-hybridized carbons (Fsp3) is 0.314. The summed E-state index contributed by atoms with van der Waals surface area (Å²) in [4.78, 5) is 1.10. The molecule has 2 fully saturated rings. The lowest BCUT2D eigenvalue weighted by Gasteiger charge is -2.49. The molecule has 7 heteroatoms. The monoisotopic (exact) mass is 584 g/mol. The number of methoxy groups -OCH3 is 1. The number of fused-ring (bicyclic) bond motifs is 1. The summed E-state index contributed by atoms with van der Waals surface area (Å²) in [5, 5.41) is 0. The SMILES string of the molecule is COc1ccc([C@@H]2OC[C@H]3O[C@@H](Sc4ccc(C)cc4)[C@H](OCc4ccccc4)[C@@H](OCc4ccccc4)[C@@H]3O2)cc1. The van der Waals surface area contributed by atoms with Gasteiger partial charge in [-0.1, -0.05) is 102 Å². The normalized spacial score (nSPS) is 25.5. The van der Waals surface area contributed by atoms with Gasteiger partial charge in [0, 0.05) is 10.5 Å². The first kappa shape index (κ1) is 28.9. The van der Waals surface area contributed by atoms with E-state index in [1.807, 2.05) is 60.7 Å². The molecule has 218 valence electrons. The van der Waals surface area contributed by atoms with Gasteiger partial charge in [-0.3, -0.25) is 0 Å². The van der Waals surface area contributed by atoms with Crippen LogP contribution < -0.4 is 4.74 Å². The fourth-order valence-electron chi connectivity index (χ4n) is 5.22. The minimum Gasteiger partial charge on any atom is -0.497 e. The topological polar surface area (TPSA) is 55.4 Å². The molecule has 0 aromatic heterocycles. The van der Waals surface area contributed by atoms with Gasteiger partial charge in [0.2, 0.25) is 0 Å². The van der Waals surface area contributed by atoms with Crippen molar-refractivity contribution in [2.24, 2.45) is 0 Å². The van der Waals surface area contributed by atoms with Crippen molar-refractivity contribution in [2.75, 3.05) is 13.7 Å². The smallest absolute Gasteiger partial charge is 0.184 e. The predicted molar refractivity (Wildman–Crippen MR) is 162 cm³/mol. The Balaban J connectivity index is 1.30. The van der Waals surface area contributed by atoms with Crippen LogP contribution in [0, 0.1) is 6.92 Å². The van der Waals surface area contributed by atoms with Gasteiger partial charge in [-0.25, -0.2) is 0 Å². The molecule has 42 heavy (non-hydrogen) atoms. The van der Waals surface area contributed by atoms with Gasteiger partial charge in [0.25, 0.3) is 0 Å². The Morgan fingerprint density at radius 1 is 0.714 bits per heavy atom. The van der Waals surface area contributed by atoms with Crippen molar-refractivity contribution in [3.05, 3.63) is 131 Å². The van der Waals surface area contributed by atoms with Gasteiger partial charge in [0.15, 0.2) is 6.29 Å². The Morgan fingerprint density at radius 2 is 1.33 bits per heavy atom. The van der Waals surface area contributed by atoms with E-state index >= 15 is 0 Å². The van der Waals surface area contributed by atoms with E-state index in [0.29, 0.717) is 19.8 Å². The van der Waals surface area contributed by atoms with Crippen molar-refractivity contribution in [3.8, 4) is 5.75 Å². The highest BCUT2D eigenvalue weighted by molar-refractivity contribution is 7.99. The van der Waals surface area contributed by atoms with Crippen molar-refractivity contribution in [1.82, 2.24) is 0 Å². The van der Waals surface area contributed by atoms with Crippen molar-refractivity contribution < 1.29 is 28.4 Å². The fourth-order valence-corrected chi connectivity index (χ4v) is 6.35. The van der Waals surface area contributed by atoms with Gasteiger partial charge in [0.05, 0.1) is 26.9 Å². The Labute approximate surface area is 251 Å². The van der Waals surface area contributed by atoms with E-state index in [1.54, 1.807) is 18.9 Å². The highest BCUT2D eigenvalue weighted by atomic mass is 32.2. The van der Waals surface area contributed by atoms with Crippen molar-refractivity contribution >= 4 is 11.8 Å². The lowest BCUT2D eigenvalue weighted by Crippen LogP contribution is -2.62. The first-order chi connectivity index (χ1) is 20.7. The molecule has 0 spiro atoms. The number of rotatable bonds is 10. The molecule has 2 saturated heterocycles. The zero-order chi connectivity index (χ0) is 28.7. The molecule has 2 heterocycles. The quantitative estimate of drug-likeness (QED) is 0.197. The van der Waals surface area contributed by atoms with E-state index < -0.39 is 24.6 Å². The second-order valence-electron chi connectivity index (χ2n) is 10.5. The van der Waals surface area contributed by atoms with Gasteiger partial charge < -0.3 is 28.4 Å². The maximum atomic E-state index is 6.73. The maximum Gasteiger partial charge on any atom is 0.184 e. The summed E-state index contributed by atoms with van der Waals surface area (Å²) in [5.74, 6) is 0.780. The molecule has 0 N–H and O–H groups in total. The van der Waals surface area contributed by atoms with Crippen LogP contribution in [0.25, 0.3) is 0 Å². The second-order valence-corrected chi connectivity index (χ2v) is 11.7. The number of hydrogen-bond donors (Lipinski definition) is 0. The van der Waals surface area contributed by atoms with Crippen molar-refractivity contribution in [2.45, 2.75) is 61.2 Å². The summed E-state index contributed by atoms with van der Waals surface area (Å²) in [5.41, 5.74) is 3.97. The number of thioether (sulfide) groups is 1. The average molecular weight is 585 g/mol. The first-order valence-corrected chi connectivity index (χ1v) is 15.1. The van der Waals surface area contributed by atoms with E-state index in [2.05, 4.69) is 55.5 Å². The molecule has 2 aliphatic heterocycles. The lowest BCUT2D eigenvalue weighted by molar-refractivity contribution is -0.329. The third kappa shape index (κ3) is 7.06. The minimum atomic E-state index is -0.556. The first-order valence-electron chi connectivity index (χ1n) is 14.3. The van der Waals surface area contributed by atoms with E-state index in [1.165, 1.54) is 5.56 Å². The number of ether oxygens (including phenoxy) is 6. The van der Waals surface area contributed by atoms with Crippen LogP contribution in [0.3, 0.4) is 0 Å². The zero-order valence-electron chi connectivity index (χ0n) is 23.8. The molecule has 4 aromatic rings. The molecule has 6 nitrogen and oxygen atoms in total. The average Bonchev–Trinajstić information content (AvgIpc) is 3.05. The van der Waals surface area contributed by atoms with Gasteiger partial charge in [-0.2, -0.15) is 0 Å². The molecule has 0 unspecified atom stereocenters. The summed E-state index contributed by atoms with van der Waals surface area (Å²) in [6, 6.07) is 36.6. The minimum absolute atomic E-state index is 0.320. The Morgan fingerprint density at radius 3 is 1.95 bits per heavy atom. The second kappa shape index (κ2) is 13.9. The third-order valence-electron chi connectivity index (χ3n) is 7.52. The van der Waals surface area contributed by atoms with Gasteiger partial charge in [-0.05, 0) is 42.3 Å². The molecule has 0 radical (unpaired) electrons. The van der Waals surface area contributed by atoms with Crippen LogP contribution in [0.2, 0.25) is 0 Å². The van der Waals surface area contributed by atoms with Crippen molar-refractivity contribution in [3.63, 3.8) is 0 Å². The number of hydrogen-bond acceptors (Lipinski definition) is 7. The molecule has 0 aliphatic carbocycles. The molecule has 2 aliphatic rings. The Kier molecular flexibility index (Phi) is 9.55. The molecular weight excluding hydrogens is 548 g/mol. The molecule has 4 aromatic carbocycles. The maximum absolute atomic E-state index is 6.73. The Hall–Kier alpha value is -3.17. The molecule has 6 atom stereocenters. The predicted octanol–water partition coefficient (Wildman–Crippen LogP) is 7.11. The lowest BCUT2D eigenvalue weighted by atomic mass is 9.98. The highest BCUT2D eigenvalue weighted by Gasteiger charge is 2.51. The standard InChI is InChI=1S/C35H36O6S/c1-24-13-19-29(20-14-24)42-35-33(38-22-26-11-7-4-8-12-26)32(37-21-25-9-5-3-6-10-25)31-30(40-35)23-39-34(41-31)27-15-17-28(36-2)18-16-27/h3-20,30-35H,21-23H2,1-2H3/t30-,31-,32+,33-,34-,35+/m1/s1. The summed E-state index contributed by atoms with van der Waals surface area (Å²) in [6.07, 6.45) is -2.08. The van der Waals surface area contributed by atoms with Crippen LogP contribution in [-0.4, -0.2) is 43.6 Å². The van der Waals surface area contributed by atoms with E-state index in [9.17, 15) is 0 Å². The largest absolute Gasteiger partial charge is 0.497 e. The summed E-state index contributed by atoms with van der Waals surface area (Å²) >= 11 is 1.65. The van der Waals surface area contributed by atoms with E-state index in [4.69, 9.17) is 28.4 Å². The van der Waals surface area contributed by atoms with Gasteiger partial charge in [0.1, 0.15) is 35.6 Å². The van der Waals surface area contributed by atoms with Crippen LogP contribution >= 0.6 is 11.8 Å². The highest BCUT2D eigenvalue weighted by Crippen LogP contribution is 2.41. The third-order valence-corrected chi connectivity index (χ3v) is 8.67. The van der Waals surface area contributed by atoms with Crippen molar-refractivity contribution in [1.29, 1.82) is 0 Å². The molecule has 6 rings (SSSR count).